The van der Waals surface area contributed by atoms with Crippen molar-refractivity contribution >= 4 is 5.78 Å². The van der Waals surface area contributed by atoms with Crippen LogP contribution in [0.2, 0.25) is 0 Å². The average Bonchev–Trinajstić information content (AvgIpc) is 2.90. The van der Waals surface area contributed by atoms with E-state index in [4.69, 9.17) is 0 Å². The molecule has 0 spiro atoms. The quantitative estimate of drug-likeness (QED) is 0.742. The fourth-order valence-electron chi connectivity index (χ4n) is 2.78. The summed E-state index contributed by atoms with van der Waals surface area (Å²) in [5.74, 6) is 0.773. The highest BCUT2D eigenvalue weighted by Gasteiger charge is 2.15. The summed E-state index contributed by atoms with van der Waals surface area (Å²) in [6.45, 7) is 7.09. The lowest BCUT2D eigenvalue weighted by Crippen LogP contribution is -2.23. The molecule has 0 amide bonds. The predicted molar refractivity (Wildman–Crippen MR) is 86.6 cm³/mol. The number of hydrogen-bond donors (Lipinski definition) is 0. The predicted octanol–water partition coefficient (Wildman–Crippen LogP) is 2.93. The highest BCUT2D eigenvalue weighted by molar-refractivity contribution is 5.35. The lowest BCUT2D eigenvalue weighted by Gasteiger charge is -2.24. The standard InChI is InChI=1S/C17H21N5/c1-12-8-13(2)22-16(10-19-17(22)20-12)11-21(4)14(3)15-6-5-7-18-9-15/h5-10,14H,11H2,1-4H3/t14-/m1/s1. The molecule has 0 bridgehead atoms. The minimum absolute atomic E-state index is 0.290. The van der Waals surface area contributed by atoms with Crippen molar-refractivity contribution in [2.45, 2.75) is 33.4 Å². The topological polar surface area (TPSA) is 46.3 Å². The zero-order valence-electron chi connectivity index (χ0n) is 13.5. The highest BCUT2D eigenvalue weighted by Crippen LogP contribution is 2.20. The molecule has 0 saturated carbocycles. The number of hydrogen-bond acceptors (Lipinski definition) is 4. The third-order valence-electron chi connectivity index (χ3n) is 4.10. The molecule has 0 radical (unpaired) electrons. The van der Waals surface area contributed by atoms with E-state index < -0.39 is 0 Å². The lowest BCUT2D eigenvalue weighted by molar-refractivity contribution is 0.249. The molecule has 0 N–H and O–H groups in total. The number of aryl methyl sites for hydroxylation is 2. The monoisotopic (exact) mass is 295 g/mol. The van der Waals surface area contributed by atoms with E-state index in [1.807, 2.05) is 25.4 Å². The van der Waals surface area contributed by atoms with Crippen LogP contribution in [-0.2, 0) is 6.54 Å². The van der Waals surface area contributed by atoms with Crippen molar-refractivity contribution in [3.05, 3.63) is 59.4 Å². The molecule has 3 aromatic rings. The van der Waals surface area contributed by atoms with E-state index in [1.54, 1.807) is 6.20 Å². The molecule has 0 fully saturated rings. The molecule has 114 valence electrons. The van der Waals surface area contributed by atoms with Crippen molar-refractivity contribution in [1.29, 1.82) is 0 Å². The van der Waals surface area contributed by atoms with E-state index >= 15 is 0 Å². The largest absolute Gasteiger partial charge is 0.294 e. The van der Waals surface area contributed by atoms with Crippen molar-refractivity contribution in [2.24, 2.45) is 0 Å². The maximum atomic E-state index is 4.49. The molecule has 3 heterocycles. The third-order valence-corrected chi connectivity index (χ3v) is 4.10. The van der Waals surface area contributed by atoms with Crippen molar-refractivity contribution in [3.8, 4) is 0 Å². The number of fused-ring (bicyclic) bond motifs is 1. The molecule has 0 unspecified atom stereocenters. The molecule has 0 aliphatic carbocycles. The first-order valence-electron chi connectivity index (χ1n) is 7.47. The summed E-state index contributed by atoms with van der Waals surface area (Å²) in [6.07, 6.45) is 5.64. The van der Waals surface area contributed by atoms with Crippen LogP contribution in [0.3, 0.4) is 0 Å². The minimum atomic E-state index is 0.290. The molecule has 0 saturated heterocycles. The average molecular weight is 295 g/mol. The fraction of sp³-hybridized carbons (Fsp3) is 0.353. The van der Waals surface area contributed by atoms with Gasteiger partial charge in [-0.2, -0.15) is 0 Å². The number of imidazole rings is 1. The van der Waals surface area contributed by atoms with Crippen molar-refractivity contribution in [1.82, 2.24) is 24.3 Å². The van der Waals surface area contributed by atoms with Gasteiger partial charge < -0.3 is 0 Å². The van der Waals surface area contributed by atoms with Crippen molar-refractivity contribution in [3.63, 3.8) is 0 Å². The minimum Gasteiger partial charge on any atom is -0.294 e. The van der Waals surface area contributed by atoms with Crippen LogP contribution in [0.4, 0.5) is 0 Å². The molecule has 22 heavy (non-hydrogen) atoms. The molecule has 3 aromatic heterocycles. The zero-order chi connectivity index (χ0) is 15.7. The second-order valence-corrected chi connectivity index (χ2v) is 5.80. The van der Waals surface area contributed by atoms with Gasteiger partial charge >= 0.3 is 0 Å². The van der Waals surface area contributed by atoms with Gasteiger partial charge in [0.05, 0.1) is 11.9 Å². The van der Waals surface area contributed by atoms with Gasteiger partial charge in [0.2, 0.25) is 5.78 Å². The van der Waals surface area contributed by atoms with Crippen molar-refractivity contribution < 1.29 is 0 Å². The van der Waals surface area contributed by atoms with Gasteiger partial charge in [-0.1, -0.05) is 6.07 Å². The van der Waals surface area contributed by atoms with Gasteiger partial charge in [-0.3, -0.25) is 14.3 Å². The van der Waals surface area contributed by atoms with Gasteiger partial charge in [-0.05, 0) is 45.5 Å². The molecular weight excluding hydrogens is 274 g/mol. The van der Waals surface area contributed by atoms with Crippen LogP contribution in [-0.4, -0.2) is 31.3 Å². The number of rotatable bonds is 4. The maximum absolute atomic E-state index is 4.49. The Balaban J connectivity index is 1.87. The highest BCUT2D eigenvalue weighted by atomic mass is 15.2. The molecule has 5 nitrogen and oxygen atoms in total. The van der Waals surface area contributed by atoms with E-state index in [2.05, 4.69) is 57.3 Å². The molecule has 0 aliphatic rings. The summed E-state index contributed by atoms with van der Waals surface area (Å²) in [5, 5.41) is 0. The van der Waals surface area contributed by atoms with E-state index in [-0.39, 0.29) is 6.04 Å². The Labute approximate surface area is 130 Å². The van der Waals surface area contributed by atoms with E-state index in [1.165, 1.54) is 5.56 Å². The van der Waals surface area contributed by atoms with Crippen LogP contribution in [0.5, 0.6) is 0 Å². The Morgan fingerprint density at radius 2 is 2.09 bits per heavy atom. The number of pyridine rings is 1. The number of nitrogens with zero attached hydrogens (tertiary/aromatic N) is 5. The Hall–Kier alpha value is -2.27. The summed E-state index contributed by atoms with van der Waals surface area (Å²) in [7, 11) is 2.12. The zero-order valence-corrected chi connectivity index (χ0v) is 13.5. The summed E-state index contributed by atoms with van der Waals surface area (Å²) < 4.78 is 2.12. The van der Waals surface area contributed by atoms with Gasteiger partial charge in [0, 0.05) is 36.4 Å². The molecule has 1 atom stereocenters. The first-order valence-corrected chi connectivity index (χ1v) is 7.47. The normalized spacial score (nSPS) is 13.0. The molecule has 0 aromatic carbocycles. The van der Waals surface area contributed by atoms with Gasteiger partial charge in [0.15, 0.2) is 0 Å². The molecule has 5 heteroatoms. The van der Waals surface area contributed by atoms with Crippen LogP contribution >= 0.6 is 0 Å². The van der Waals surface area contributed by atoms with E-state index in [0.717, 1.165) is 29.4 Å². The van der Waals surface area contributed by atoms with Crippen LogP contribution in [0.25, 0.3) is 5.78 Å². The van der Waals surface area contributed by atoms with Gasteiger partial charge in [0.25, 0.3) is 0 Å². The summed E-state index contributed by atoms with van der Waals surface area (Å²) >= 11 is 0. The summed E-state index contributed by atoms with van der Waals surface area (Å²) in [5.41, 5.74) is 4.53. The lowest BCUT2D eigenvalue weighted by atomic mass is 10.1. The van der Waals surface area contributed by atoms with Crippen LogP contribution in [0.15, 0.2) is 36.8 Å². The Morgan fingerprint density at radius 1 is 1.27 bits per heavy atom. The second-order valence-electron chi connectivity index (χ2n) is 5.80. The van der Waals surface area contributed by atoms with E-state index in [9.17, 15) is 0 Å². The van der Waals surface area contributed by atoms with E-state index in [0.29, 0.717) is 0 Å². The van der Waals surface area contributed by atoms with Crippen LogP contribution in [0.1, 0.15) is 35.6 Å². The fourth-order valence-corrected chi connectivity index (χ4v) is 2.78. The van der Waals surface area contributed by atoms with Gasteiger partial charge in [-0.25, -0.2) is 9.97 Å². The molecule has 0 aliphatic heterocycles. The third kappa shape index (κ3) is 2.72. The van der Waals surface area contributed by atoms with Crippen LogP contribution < -0.4 is 0 Å². The second kappa shape index (κ2) is 5.85. The Bertz CT molecular complexity index is 778. The Kier molecular flexibility index (Phi) is 3.90. The smallest absolute Gasteiger partial charge is 0.234 e. The summed E-state index contributed by atoms with van der Waals surface area (Å²) in [6, 6.07) is 6.46. The summed E-state index contributed by atoms with van der Waals surface area (Å²) in [4.78, 5) is 15.4. The first kappa shape index (κ1) is 14.7. The number of aromatic nitrogens is 4. The Morgan fingerprint density at radius 3 is 2.82 bits per heavy atom. The maximum Gasteiger partial charge on any atom is 0.234 e. The van der Waals surface area contributed by atoms with Crippen molar-refractivity contribution in [2.75, 3.05) is 7.05 Å². The SMILES string of the molecule is Cc1cc(C)n2c(CN(C)[C@H](C)c3cccnc3)cnc2n1. The van der Waals surface area contributed by atoms with Crippen LogP contribution in [0, 0.1) is 13.8 Å². The van der Waals surface area contributed by atoms with Gasteiger partial charge in [0.1, 0.15) is 0 Å². The van der Waals surface area contributed by atoms with Gasteiger partial charge in [-0.15, -0.1) is 0 Å². The first-order chi connectivity index (χ1) is 10.6. The molecule has 3 rings (SSSR count). The molecular formula is C17H21N5.